The summed E-state index contributed by atoms with van der Waals surface area (Å²) in [5.74, 6) is -1.63. The Morgan fingerprint density at radius 3 is 2.65 bits per heavy atom. The molecular formula is C18H21FN2O5. The first-order valence-corrected chi connectivity index (χ1v) is 8.32. The van der Waals surface area contributed by atoms with Gasteiger partial charge in [-0.05, 0) is 31.0 Å². The second kappa shape index (κ2) is 8.98. The first kappa shape index (κ1) is 19.4. The van der Waals surface area contributed by atoms with Crippen LogP contribution in [0.2, 0.25) is 0 Å². The zero-order chi connectivity index (χ0) is 19.1. The fourth-order valence-electron chi connectivity index (χ4n) is 2.59. The number of benzene rings is 1. The van der Waals surface area contributed by atoms with E-state index < -0.39 is 29.8 Å². The Bertz CT molecular complexity index is 732. The number of carbonyl (C=O) groups is 3. The van der Waals surface area contributed by atoms with Crippen molar-refractivity contribution in [2.24, 2.45) is 0 Å². The van der Waals surface area contributed by atoms with Crippen LogP contribution in [0.3, 0.4) is 0 Å². The Hall–Kier alpha value is -2.90. The van der Waals surface area contributed by atoms with Crippen molar-refractivity contribution in [2.75, 3.05) is 13.2 Å². The third kappa shape index (κ3) is 5.05. The van der Waals surface area contributed by atoms with Crippen LogP contribution in [-0.4, -0.2) is 37.2 Å². The molecule has 2 N–H and O–H groups in total. The zero-order valence-corrected chi connectivity index (χ0v) is 14.6. The first-order valence-electron chi connectivity index (χ1n) is 8.32. The highest BCUT2D eigenvalue weighted by Gasteiger charge is 2.31. The molecule has 0 fully saturated rings. The summed E-state index contributed by atoms with van der Waals surface area (Å²) >= 11 is 0. The predicted molar refractivity (Wildman–Crippen MR) is 90.5 cm³/mol. The number of halogens is 1. The van der Waals surface area contributed by atoms with Crippen molar-refractivity contribution < 1.29 is 28.2 Å². The van der Waals surface area contributed by atoms with Gasteiger partial charge in [-0.2, -0.15) is 0 Å². The monoisotopic (exact) mass is 364 g/mol. The molecule has 0 radical (unpaired) electrons. The van der Waals surface area contributed by atoms with E-state index in [0.29, 0.717) is 12.0 Å². The van der Waals surface area contributed by atoms with E-state index in [0.717, 1.165) is 0 Å². The quantitative estimate of drug-likeness (QED) is 0.720. The molecule has 2 amide bonds. The van der Waals surface area contributed by atoms with Gasteiger partial charge in [0, 0.05) is 0 Å². The van der Waals surface area contributed by atoms with Crippen LogP contribution in [0.1, 0.15) is 25.8 Å². The molecule has 0 saturated carbocycles. The fourth-order valence-corrected chi connectivity index (χ4v) is 2.59. The Balaban J connectivity index is 2.10. The van der Waals surface area contributed by atoms with Crippen LogP contribution in [-0.2, 0) is 25.5 Å². The van der Waals surface area contributed by atoms with Gasteiger partial charge in [0.05, 0.1) is 30.3 Å². The lowest BCUT2D eigenvalue weighted by molar-refractivity contribution is -0.143. The Morgan fingerprint density at radius 2 is 2.00 bits per heavy atom. The number of carbonyl (C=O) groups excluding carboxylic acids is 3. The van der Waals surface area contributed by atoms with Crippen molar-refractivity contribution in [3.63, 3.8) is 0 Å². The maximum atomic E-state index is 13.2. The normalized spacial score (nSPS) is 16.6. The molecule has 0 unspecified atom stereocenters. The maximum absolute atomic E-state index is 13.2. The van der Waals surface area contributed by atoms with Gasteiger partial charge in [-0.3, -0.25) is 4.79 Å². The average Bonchev–Trinajstić information content (AvgIpc) is 2.59. The van der Waals surface area contributed by atoms with E-state index in [2.05, 4.69) is 10.6 Å². The second-order valence-corrected chi connectivity index (χ2v) is 5.64. The van der Waals surface area contributed by atoms with Gasteiger partial charge in [0.25, 0.3) is 0 Å². The molecule has 7 nitrogen and oxygen atoms in total. The standard InChI is InChI=1S/C18H21FN2O5/c1-3-13-16(17(23)25-4-2)14(21-18(24)20-13)10-26-15(22)9-11-6-5-7-12(19)8-11/h5-8,13H,3-4,9-10H2,1-2H3,(H2,20,21,24)/t13-/m1/s1. The Labute approximate surface area is 150 Å². The lowest BCUT2D eigenvalue weighted by Gasteiger charge is -2.28. The molecule has 2 rings (SSSR count). The molecule has 0 spiro atoms. The molecule has 140 valence electrons. The topological polar surface area (TPSA) is 93.7 Å². The number of rotatable bonds is 7. The summed E-state index contributed by atoms with van der Waals surface area (Å²) in [6, 6.07) is 4.61. The molecule has 8 heteroatoms. The second-order valence-electron chi connectivity index (χ2n) is 5.64. The number of hydrogen-bond acceptors (Lipinski definition) is 5. The summed E-state index contributed by atoms with van der Waals surface area (Å²) in [5, 5.41) is 5.12. The number of esters is 2. The summed E-state index contributed by atoms with van der Waals surface area (Å²) < 4.78 is 23.3. The lowest BCUT2D eigenvalue weighted by Crippen LogP contribution is -2.51. The van der Waals surface area contributed by atoms with Crippen LogP contribution in [0, 0.1) is 5.82 Å². The highest BCUT2D eigenvalue weighted by Crippen LogP contribution is 2.17. The molecule has 0 aliphatic carbocycles. The molecule has 1 aliphatic heterocycles. The van der Waals surface area contributed by atoms with Crippen LogP contribution in [0.5, 0.6) is 0 Å². The molecule has 1 atom stereocenters. The van der Waals surface area contributed by atoms with Gasteiger partial charge >= 0.3 is 18.0 Å². The third-order valence-electron chi connectivity index (χ3n) is 3.76. The largest absolute Gasteiger partial charge is 0.463 e. The lowest BCUT2D eigenvalue weighted by atomic mass is 10.0. The molecule has 1 aromatic rings. The summed E-state index contributed by atoms with van der Waals surface area (Å²) in [7, 11) is 0. The number of nitrogens with one attached hydrogen (secondary N) is 2. The summed E-state index contributed by atoms with van der Waals surface area (Å²) in [5.41, 5.74) is 0.884. The van der Waals surface area contributed by atoms with E-state index in [1.807, 2.05) is 6.92 Å². The Kier molecular flexibility index (Phi) is 6.71. The molecule has 1 aliphatic rings. The minimum Gasteiger partial charge on any atom is -0.463 e. The van der Waals surface area contributed by atoms with E-state index in [1.165, 1.54) is 18.2 Å². The van der Waals surface area contributed by atoms with Gasteiger partial charge in [-0.25, -0.2) is 14.0 Å². The molecular weight excluding hydrogens is 343 g/mol. The highest BCUT2D eigenvalue weighted by atomic mass is 19.1. The average molecular weight is 364 g/mol. The van der Waals surface area contributed by atoms with Gasteiger partial charge in [-0.1, -0.05) is 19.1 Å². The van der Waals surface area contributed by atoms with Gasteiger partial charge in [0.15, 0.2) is 0 Å². The van der Waals surface area contributed by atoms with E-state index in [4.69, 9.17) is 9.47 Å². The van der Waals surface area contributed by atoms with Crippen molar-refractivity contribution in [1.29, 1.82) is 0 Å². The van der Waals surface area contributed by atoms with Crippen molar-refractivity contribution in [1.82, 2.24) is 10.6 Å². The molecule has 0 saturated heterocycles. The van der Waals surface area contributed by atoms with Gasteiger partial charge < -0.3 is 20.1 Å². The van der Waals surface area contributed by atoms with Crippen LogP contribution in [0.4, 0.5) is 9.18 Å². The van der Waals surface area contributed by atoms with Gasteiger partial charge in [0.1, 0.15) is 12.4 Å². The fraction of sp³-hybridized carbons (Fsp3) is 0.389. The first-order chi connectivity index (χ1) is 12.4. The zero-order valence-electron chi connectivity index (χ0n) is 14.6. The van der Waals surface area contributed by atoms with Gasteiger partial charge in [0.2, 0.25) is 0 Å². The van der Waals surface area contributed by atoms with Crippen LogP contribution >= 0.6 is 0 Å². The minimum absolute atomic E-state index is 0.122. The van der Waals surface area contributed by atoms with E-state index >= 15 is 0 Å². The van der Waals surface area contributed by atoms with Crippen molar-refractivity contribution in [3.05, 3.63) is 46.9 Å². The van der Waals surface area contributed by atoms with Crippen molar-refractivity contribution in [2.45, 2.75) is 32.7 Å². The third-order valence-corrected chi connectivity index (χ3v) is 3.76. The van der Waals surface area contributed by atoms with Crippen LogP contribution in [0.15, 0.2) is 35.5 Å². The maximum Gasteiger partial charge on any atom is 0.338 e. The van der Waals surface area contributed by atoms with Crippen LogP contribution < -0.4 is 10.6 Å². The summed E-state index contributed by atoms with van der Waals surface area (Å²) in [6.45, 7) is 3.38. The molecule has 0 bridgehead atoms. The van der Waals surface area contributed by atoms with Crippen molar-refractivity contribution in [3.8, 4) is 0 Å². The van der Waals surface area contributed by atoms with Gasteiger partial charge in [-0.15, -0.1) is 0 Å². The summed E-state index contributed by atoms with van der Waals surface area (Å²) in [4.78, 5) is 35.9. The predicted octanol–water partition coefficient (Wildman–Crippen LogP) is 1.82. The van der Waals surface area contributed by atoms with E-state index in [-0.39, 0.29) is 30.9 Å². The molecule has 1 heterocycles. The molecule has 26 heavy (non-hydrogen) atoms. The van der Waals surface area contributed by atoms with Crippen LogP contribution in [0.25, 0.3) is 0 Å². The molecule has 1 aromatic carbocycles. The minimum atomic E-state index is -0.605. The van der Waals surface area contributed by atoms with E-state index in [9.17, 15) is 18.8 Å². The number of ether oxygens (including phenoxy) is 2. The highest BCUT2D eigenvalue weighted by molar-refractivity contribution is 5.94. The summed E-state index contributed by atoms with van der Waals surface area (Å²) in [6.07, 6.45) is 0.353. The SMILES string of the molecule is CCOC(=O)C1=C(COC(=O)Cc2cccc(F)c2)NC(=O)N[C@@H]1CC. The number of hydrogen-bond donors (Lipinski definition) is 2. The van der Waals surface area contributed by atoms with Crippen molar-refractivity contribution >= 4 is 18.0 Å². The number of urea groups is 1. The number of amides is 2. The molecule has 0 aromatic heterocycles. The Morgan fingerprint density at radius 1 is 1.23 bits per heavy atom. The van der Waals surface area contributed by atoms with E-state index in [1.54, 1.807) is 13.0 Å². The smallest absolute Gasteiger partial charge is 0.338 e.